The molecule has 1 aliphatic rings. The van der Waals surface area contributed by atoms with Crippen LogP contribution in [0.3, 0.4) is 0 Å². The van der Waals surface area contributed by atoms with Crippen molar-refractivity contribution in [3.8, 4) is 0 Å². The van der Waals surface area contributed by atoms with Crippen molar-refractivity contribution in [1.29, 1.82) is 0 Å². The van der Waals surface area contributed by atoms with Crippen LogP contribution in [0.2, 0.25) is 0 Å². The molecule has 1 aromatic rings. The molecule has 0 saturated carbocycles. The Labute approximate surface area is 204 Å². The minimum absolute atomic E-state index is 0.0531. The van der Waals surface area contributed by atoms with E-state index in [0.717, 1.165) is 13.0 Å². The zero-order valence-corrected chi connectivity index (χ0v) is 20.7. The van der Waals surface area contributed by atoms with Crippen molar-refractivity contribution in [2.45, 2.75) is 70.1 Å². The maximum atomic E-state index is 13.2. The number of hydrogen-bond acceptors (Lipinski definition) is 7. The number of nitrogens with zero attached hydrogens (tertiary/aromatic N) is 1. The first-order valence-electron chi connectivity index (χ1n) is 11.5. The van der Waals surface area contributed by atoms with E-state index in [1.54, 1.807) is 11.8 Å². The number of carbonyl (C=O) groups is 4. The number of imidazole rings is 1. The molecule has 2 rings (SSSR count). The molecule has 0 bridgehead atoms. The summed E-state index contributed by atoms with van der Waals surface area (Å²) in [5.74, 6) is -1.78. The molecule has 4 unspecified atom stereocenters. The van der Waals surface area contributed by atoms with Crippen LogP contribution in [0.25, 0.3) is 0 Å². The lowest BCUT2D eigenvalue weighted by molar-refractivity contribution is -0.142. The molecular weight excluding hydrogens is 460 g/mol. The molecule has 34 heavy (non-hydrogen) atoms. The van der Waals surface area contributed by atoms with E-state index < -0.39 is 35.9 Å². The van der Waals surface area contributed by atoms with Crippen LogP contribution in [-0.4, -0.2) is 81.5 Å². The van der Waals surface area contributed by atoms with Crippen LogP contribution in [-0.2, 0) is 25.6 Å². The maximum absolute atomic E-state index is 13.2. The maximum Gasteiger partial charge on any atom is 0.326 e. The normalized spacial score (nSPS) is 18.2. The van der Waals surface area contributed by atoms with Gasteiger partial charge < -0.3 is 31.4 Å². The van der Waals surface area contributed by atoms with E-state index in [2.05, 4.69) is 31.2 Å². The van der Waals surface area contributed by atoms with E-state index in [1.165, 1.54) is 12.5 Å². The first-order valence-corrected chi connectivity index (χ1v) is 12.9. The average molecular weight is 497 g/mol. The first kappa shape index (κ1) is 27.6. The van der Waals surface area contributed by atoms with Crippen LogP contribution in [0.5, 0.6) is 0 Å². The number of rotatable bonds is 14. The highest BCUT2D eigenvalue weighted by atomic mass is 32.2. The highest BCUT2D eigenvalue weighted by Crippen LogP contribution is 2.09. The molecule has 4 atom stereocenters. The molecule has 0 aromatic carbocycles. The molecule has 1 fully saturated rings. The summed E-state index contributed by atoms with van der Waals surface area (Å²) in [5, 5.41) is 20.7. The van der Waals surface area contributed by atoms with Crippen LogP contribution in [0.4, 0.5) is 0 Å². The van der Waals surface area contributed by atoms with Crippen LogP contribution in [0.1, 0.15) is 45.2 Å². The Morgan fingerprint density at radius 2 is 1.85 bits per heavy atom. The van der Waals surface area contributed by atoms with Crippen molar-refractivity contribution in [3.63, 3.8) is 0 Å². The van der Waals surface area contributed by atoms with E-state index in [4.69, 9.17) is 0 Å². The molecular formula is C22H36N6O5S. The van der Waals surface area contributed by atoms with Crippen LogP contribution >= 0.6 is 11.8 Å². The molecule has 0 aliphatic carbocycles. The third kappa shape index (κ3) is 8.98. The van der Waals surface area contributed by atoms with Gasteiger partial charge in [-0.25, -0.2) is 9.78 Å². The van der Waals surface area contributed by atoms with E-state index in [-0.39, 0.29) is 30.7 Å². The summed E-state index contributed by atoms with van der Waals surface area (Å²) in [6.45, 7) is 4.49. The molecule has 1 aromatic heterocycles. The van der Waals surface area contributed by atoms with Gasteiger partial charge in [-0.05, 0) is 50.2 Å². The number of thioether (sulfide) groups is 1. The summed E-state index contributed by atoms with van der Waals surface area (Å²) in [7, 11) is 0. The molecule has 2 heterocycles. The molecule has 6 N–H and O–H groups in total. The monoisotopic (exact) mass is 496 g/mol. The van der Waals surface area contributed by atoms with Gasteiger partial charge in [-0.15, -0.1) is 0 Å². The quantitative estimate of drug-likeness (QED) is 0.210. The van der Waals surface area contributed by atoms with Gasteiger partial charge in [-0.3, -0.25) is 14.4 Å². The highest BCUT2D eigenvalue weighted by Gasteiger charge is 2.31. The minimum atomic E-state index is -1.14. The lowest BCUT2D eigenvalue weighted by Crippen LogP contribution is -2.57. The number of aromatic nitrogens is 2. The SMILES string of the molecule is CSCCC(NC(=O)C1CCCN1)C(=O)NC(Cc1cnc[nH]1)C(=O)NC(CC(C)C)C(=O)O. The molecule has 3 amide bonds. The largest absolute Gasteiger partial charge is 0.480 e. The predicted molar refractivity (Wildman–Crippen MR) is 129 cm³/mol. The van der Waals surface area contributed by atoms with E-state index >= 15 is 0 Å². The summed E-state index contributed by atoms with van der Waals surface area (Å²) in [6, 6.07) is -3.26. The van der Waals surface area contributed by atoms with Gasteiger partial charge in [0.05, 0.1) is 12.4 Å². The van der Waals surface area contributed by atoms with Gasteiger partial charge in [0.15, 0.2) is 0 Å². The molecule has 0 spiro atoms. The Morgan fingerprint density at radius 3 is 2.41 bits per heavy atom. The number of carboxylic acid groups (broad SMARTS) is 1. The van der Waals surface area contributed by atoms with Gasteiger partial charge in [0.1, 0.15) is 18.1 Å². The number of aliphatic carboxylic acids is 1. The highest BCUT2D eigenvalue weighted by molar-refractivity contribution is 7.98. The number of carboxylic acids is 1. The fraction of sp³-hybridized carbons (Fsp3) is 0.682. The van der Waals surface area contributed by atoms with Crippen molar-refractivity contribution in [3.05, 3.63) is 18.2 Å². The number of H-pyrrole nitrogens is 1. The van der Waals surface area contributed by atoms with Crippen LogP contribution < -0.4 is 21.3 Å². The van der Waals surface area contributed by atoms with E-state index in [9.17, 15) is 24.3 Å². The van der Waals surface area contributed by atoms with Gasteiger partial charge in [-0.2, -0.15) is 11.8 Å². The summed E-state index contributed by atoms with van der Waals surface area (Å²) in [6.07, 6.45) is 7.26. The van der Waals surface area contributed by atoms with Gasteiger partial charge in [-0.1, -0.05) is 13.8 Å². The van der Waals surface area contributed by atoms with E-state index in [1.807, 2.05) is 20.1 Å². The summed E-state index contributed by atoms with van der Waals surface area (Å²) in [5.41, 5.74) is 0.607. The van der Waals surface area contributed by atoms with Crippen molar-refractivity contribution in [2.24, 2.45) is 5.92 Å². The fourth-order valence-electron chi connectivity index (χ4n) is 3.75. The fourth-order valence-corrected chi connectivity index (χ4v) is 4.22. The Balaban J connectivity index is 2.14. The van der Waals surface area contributed by atoms with Crippen LogP contribution in [0, 0.1) is 5.92 Å². The second kappa shape index (κ2) is 14.0. The molecule has 1 aliphatic heterocycles. The van der Waals surface area contributed by atoms with E-state index in [0.29, 0.717) is 24.3 Å². The second-order valence-electron chi connectivity index (χ2n) is 8.86. The van der Waals surface area contributed by atoms with Gasteiger partial charge in [0, 0.05) is 18.3 Å². The Morgan fingerprint density at radius 1 is 1.15 bits per heavy atom. The Hall–Kier alpha value is -2.60. The standard InChI is InChI=1S/C22H36N6O5S/c1-13(2)9-18(22(32)33)28-21(31)17(10-14-11-23-12-25-14)27-20(30)16(6-8-34-3)26-19(29)15-5-4-7-24-15/h11-13,15-18,24H,4-10H2,1-3H3,(H,23,25)(H,26,29)(H,27,30)(H,28,31)(H,32,33). The lowest BCUT2D eigenvalue weighted by atomic mass is 10.0. The molecule has 0 radical (unpaired) electrons. The van der Waals surface area contributed by atoms with Crippen LogP contribution in [0.15, 0.2) is 12.5 Å². The summed E-state index contributed by atoms with van der Waals surface area (Å²) in [4.78, 5) is 57.3. The molecule has 190 valence electrons. The molecule has 12 heteroatoms. The molecule has 11 nitrogen and oxygen atoms in total. The van der Waals surface area contributed by atoms with Crippen molar-refractivity contribution >= 4 is 35.5 Å². The van der Waals surface area contributed by atoms with Gasteiger partial charge in [0.25, 0.3) is 0 Å². The molecule has 1 saturated heterocycles. The number of aromatic amines is 1. The predicted octanol–water partition coefficient (Wildman–Crippen LogP) is 0.0424. The number of carbonyl (C=O) groups excluding carboxylic acids is 3. The minimum Gasteiger partial charge on any atom is -0.480 e. The number of amides is 3. The summed E-state index contributed by atoms with van der Waals surface area (Å²) >= 11 is 1.55. The Kier molecular flexibility index (Phi) is 11.3. The third-order valence-electron chi connectivity index (χ3n) is 5.55. The average Bonchev–Trinajstić information content (AvgIpc) is 3.49. The smallest absolute Gasteiger partial charge is 0.326 e. The Bertz CT molecular complexity index is 813. The topological polar surface area (TPSA) is 165 Å². The number of nitrogens with one attached hydrogen (secondary N) is 5. The van der Waals surface area contributed by atoms with Gasteiger partial charge >= 0.3 is 5.97 Å². The third-order valence-corrected chi connectivity index (χ3v) is 6.20. The van der Waals surface area contributed by atoms with Crippen molar-refractivity contribution in [2.75, 3.05) is 18.6 Å². The second-order valence-corrected chi connectivity index (χ2v) is 9.85. The number of hydrogen-bond donors (Lipinski definition) is 6. The van der Waals surface area contributed by atoms with Gasteiger partial charge in [0.2, 0.25) is 17.7 Å². The van der Waals surface area contributed by atoms with Crippen molar-refractivity contribution < 1.29 is 24.3 Å². The zero-order chi connectivity index (χ0) is 25.1. The summed E-state index contributed by atoms with van der Waals surface area (Å²) < 4.78 is 0. The van der Waals surface area contributed by atoms with Crippen molar-refractivity contribution in [1.82, 2.24) is 31.2 Å². The zero-order valence-electron chi connectivity index (χ0n) is 19.9. The lowest BCUT2D eigenvalue weighted by Gasteiger charge is -2.25. The first-order chi connectivity index (χ1) is 16.2.